The molecule has 0 atom stereocenters. The van der Waals surface area contributed by atoms with E-state index < -0.39 is 0 Å². The van der Waals surface area contributed by atoms with Crippen LogP contribution in [0.5, 0.6) is 11.5 Å². The number of amides is 1. The maximum absolute atomic E-state index is 11.6. The van der Waals surface area contributed by atoms with E-state index >= 15 is 0 Å². The van der Waals surface area contributed by atoms with Crippen LogP contribution >= 0.6 is 11.6 Å². The summed E-state index contributed by atoms with van der Waals surface area (Å²) in [6.07, 6.45) is 1.54. The monoisotopic (exact) mass is 318 g/mol. The van der Waals surface area contributed by atoms with Gasteiger partial charge in [0, 0.05) is 5.02 Å². The van der Waals surface area contributed by atoms with Crippen LogP contribution in [-0.2, 0) is 4.79 Å². The topological polar surface area (TPSA) is 59.9 Å². The van der Waals surface area contributed by atoms with Crippen LogP contribution in [0, 0.1) is 0 Å². The fourth-order valence-corrected chi connectivity index (χ4v) is 1.79. The van der Waals surface area contributed by atoms with Crippen LogP contribution in [0.2, 0.25) is 5.02 Å². The van der Waals surface area contributed by atoms with Gasteiger partial charge in [-0.05, 0) is 48.0 Å². The van der Waals surface area contributed by atoms with Gasteiger partial charge in [-0.15, -0.1) is 0 Å². The fraction of sp³-hybridized carbons (Fsp3) is 0.125. The summed E-state index contributed by atoms with van der Waals surface area (Å²) in [5.74, 6) is 0.933. The first-order valence-electron chi connectivity index (χ1n) is 6.52. The second-order valence-electron chi connectivity index (χ2n) is 4.31. The molecule has 5 nitrogen and oxygen atoms in total. The number of carbonyl (C=O) groups is 1. The van der Waals surface area contributed by atoms with Gasteiger partial charge < -0.3 is 9.47 Å². The van der Waals surface area contributed by atoms with Crippen molar-refractivity contribution in [3.63, 3.8) is 0 Å². The summed E-state index contributed by atoms with van der Waals surface area (Å²) in [5, 5.41) is 4.41. The Morgan fingerprint density at radius 2 is 2.00 bits per heavy atom. The summed E-state index contributed by atoms with van der Waals surface area (Å²) >= 11 is 5.82. The van der Waals surface area contributed by atoms with Gasteiger partial charge in [0.25, 0.3) is 5.91 Å². The van der Waals surface area contributed by atoms with Crippen LogP contribution in [0.25, 0.3) is 0 Å². The molecule has 1 N–H and O–H groups in total. The van der Waals surface area contributed by atoms with Crippen LogP contribution in [0.4, 0.5) is 0 Å². The second-order valence-corrected chi connectivity index (χ2v) is 4.75. The summed E-state index contributed by atoms with van der Waals surface area (Å²) in [6, 6.07) is 14.1. The molecule has 0 heterocycles. The molecular formula is C16H15ClN2O3. The van der Waals surface area contributed by atoms with Crippen molar-refractivity contribution in [3.05, 3.63) is 59.1 Å². The molecule has 2 aromatic carbocycles. The molecule has 0 radical (unpaired) electrons. The molecule has 2 aromatic rings. The van der Waals surface area contributed by atoms with E-state index in [9.17, 15) is 4.79 Å². The normalized spacial score (nSPS) is 10.5. The molecule has 0 aliphatic carbocycles. The number of methoxy groups -OCH3 is 1. The van der Waals surface area contributed by atoms with Gasteiger partial charge in [0.05, 0.1) is 13.3 Å². The minimum atomic E-state index is -0.357. The largest absolute Gasteiger partial charge is 0.497 e. The Kier molecular flexibility index (Phi) is 5.80. The van der Waals surface area contributed by atoms with Gasteiger partial charge in [-0.25, -0.2) is 5.43 Å². The molecule has 0 aromatic heterocycles. The molecule has 0 fully saturated rings. The maximum Gasteiger partial charge on any atom is 0.277 e. The Balaban J connectivity index is 1.78. The maximum atomic E-state index is 11.6. The number of ether oxygens (including phenoxy) is 2. The first-order chi connectivity index (χ1) is 10.7. The van der Waals surface area contributed by atoms with E-state index in [1.54, 1.807) is 31.4 Å². The lowest BCUT2D eigenvalue weighted by Crippen LogP contribution is -2.24. The number of carbonyl (C=O) groups excluding carboxylic acids is 1. The van der Waals surface area contributed by atoms with Gasteiger partial charge in [0.15, 0.2) is 6.61 Å². The van der Waals surface area contributed by atoms with E-state index in [4.69, 9.17) is 21.1 Å². The van der Waals surface area contributed by atoms with Gasteiger partial charge in [-0.2, -0.15) is 5.10 Å². The minimum absolute atomic E-state index is 0.139. The zero-order chi connectivity index (χ0) is 15.8. The first kappa shape index (κ1) is 15.9. The summed E-state index contributed by atoms with van der Waals surface area (Å²) in [4.78, 5) is 11.6. The van der Waals surface area contributed by atoms with Crippen molar-refractivity contribution in [1.29, 1.82) is 0 Å². The molecule has 0 saturated heterocycles. The predicted octanol–water partition coefficient (Wildman–Crippen LogP) is 2.88. The van der Waals surface area contributed by atoms with E-state index in [-0.39, 0.29) is 12.5 Å². The molecule has 2 rings (SSSR count). The molecule has 6 heteroatoms. The molecule has 1 amide bonds. The molecular weight excluding hydrogens is 304 g/mol. The fourth-order valence-electron chi connectivity index (χ4n) is 1.61. The summed E-state index contributed by atoms with van der Waals surface area (Å²) in [7, 11) is 1.60. The van der Waals surface area contributed by atoms with E-state index in [1.807, 2.05) is 24.3 Å². The molecule has 0 saturated carbocycles. The van der Waals surface area contributed by atoms with Crippen LogP contribution in [-0.4, -0.2) is 25.8 Å². The Morgan fingerprint density at radius 3 is 2.68 bits per heavy atom. The summed E-state index contributed by atoms with van der Waals surface area (Å²) in [6.45, 7) is -0.139. The number of nitrogens with zero attached hydrogens (tertiary/aromatic N) is 1. The smallest absolute Gasteiger partial charge is 0.277 e. The highest BCUT2D eigenvalue weighted by Crippen LogP contribution is 2.16. The highest BCUT2D eigenvalue weighted by molar-refractivity contribution is 6.30. The quantitative estimate of drug-likeness (QED) is 0.658. The average molecular weight is 319 g/mol. The molecule has 0 aliphatic rings. The van der Waals surface area contributed by atoms with Crippen molar-refractivity contribution in [2.24, 2.45) is 5.10 Å². The van der Waals surface area contributed by atoms with Crippen molar-refractivity contribution in [3.8, 4) is 11.5 Å². The molecule has 0 unspecified atom stereocenters. The van der Waals surface area contributed by atoms with Crippen molar-refractivity contribution in [2.45, 2.75) is 0 Å². The van der Waals surface area contributed by atoms with Crippen molar-refractivity contribution >= 4 is 23.7 Å². The lowest BCUT2D eigenvalue weighted by molar-refractivity contribution is -0.123. The van der Waals surface area contributed by atoms with Crippen molar-refractivity contribution in [1.82, 2.24) is 5.43 Å². The van der Waals surface area contributed by atoms with Crippen LogP contribution in [0.15, 0.2) is 53.6 Å². The third-order valence-electron chi connectivity index (χ3n) is 2.68. The number of rotatable bonds is 6. The molecule has 22 heavy (non-hydrogen) atoms. The highest BCUT2D eigenvalue weighted by Gasteiger charge is 2.01. The lowest BCUT2D eigenvalue weighted by atomic mass is 10.2. The number of hydrogen-bond donors (Lipinski definition) is 1. The van der Waals surface area contributed by atoms with Gasteiger partial charge in [0.2, 0.25) is 0 Å². The SMILES string of the molecule is COc1ccc(/C=N\NC(=O)COc2cccc(Cl)c2)cc1. The van der Waals surface area contributed by atoms with Gasteiger partial charge in [-0.3, -0.25) is 4.79 Å². The van der Waals surface area contributed by atoms with Gasteiger partial charge in [0.1, 0.15) is 11.5 Å². The van der Waals surface area contributed by atoms with Crippen molar-refractivity contribution in [2.75, 3.05) is 13.7 Å². The Bertz CT molecular complexity index is 657. The number of hydrogen-bond acceptors (Lipinski definition) is 4. The van der Waals surface area contributed by atoms with Gasteiger partial charge >= 0.3 is 0 Å². The van der Waals surface area contributed by atoms with Crippen LogP contribution < -0.4 is 14.9 Å². The zero-order valence-electron chi connectivity index (χ0n) is 12.0. The van der Waals surface area contributed by atoms with E-state index in [1.165, 1.54) is 6.21 Å². The standard InChI is InChI=1S/C16H15ClN2O3/c1-21-14-7-5-12(6-8-14)10-18-19-16(20)11-22-15-4-2-3-13(17)9-15/h2-10H,11H2,1H3,(H,19,20)/b18-10-. The van der Waals surface area contributed by atoms with Gasteiger partial charge in [-0.1, -0.05) is 17.7 Å². The number of nitrogens with one attached hydrogen (secondary N) is 1. The Hall–Kier alpha value is -2.53. The predicted molar refractivity (Wildman–Crippen MR) is 85.7 cm³/mol. The number of hydrazone groups is 1. The molecule has 114 valence electrons. The lowest BCUT2D eigenvalue weighted by Gasteiger charge is -2.05. The highest BCUT2D eigenvalue weighted by atomic mass is 35.5. The first-order valence-corrected chi connectivity index (χ1v) is 6.89. The molecule has 0 aliphatic heterocycles. The Morgan fingerprint density at radius 1 is 1.23 bits per heavy atom. The van der Waals surface area contributed by atoms with Crippen LogP contribution in [0.3, 0.4) is 0 Å². The Labute approximate surface area is 133 Å². The van der Waals surface area contributed by atoms with Crippen LogP contribution in [0.1, 0.15) is 5.56 Å². The second kappa shape index (κ2) is 8.05. The number of halogens is 1. The zero-order valence-corrected chi connectivity index (χ0v) is 12.7. The third kappa shape index (κ3) is 5.10. The summed E-state index contributed by atoms with van der Waals surface area (Å²) in [5.41, 5.74) is 3.23. The molecule has 0 spiro atoms. The number of benzene rings is 2. The third-order valence-corrected chi connectivity index (χ3v) is 2.92. The minimum Gasteiger partial charge on any atom is -0.497 e. The van der Waals surface area contributed by atoms with E-state index in [2.05, 4.69) is 10.5 Å². The molecule has 0 bridgehead atoms. The summed E-state index contributed by atoms with van der Waals surface area (Å²) < 4.78 is 10.3. The average Bonchev–Trinajstić information content (AvgIpc) is 2.54. The van der Waals surface area contributed by atoms with E-state index in [0.717, 1.165) is 11.3 Å². The van der Waals surface area contributed by atoms with Crippen molar-refractivity contribution < 1.29 is 14.3 Å². The van der Waals surface area contributed by atoms with E-state index in [0.29, 0.717) is 10.8 Å².